The van der Waals surface area contributed by atoms with Gasteiger partial charge in [-0.15, -0.1) is 56.7 Å². The molecule has 0 unspecified atom stereocenters. The SMILES string of the molecule is C/C(=N\N)c1csc(-c2ccc(Cl)c(Cl)c2)c1O.C/C(=N\N)c1csc(-c2ccc(Cl)cc2)c1O.CC(=O)c1csc(-c2ccc(C)c(C)c2)c1O.CC(=O)c1csc(-c2cccc(Cl)c2)c1O.CC(=O)c1csc(-c2cccc(F)c2)c1O. The van der Waals surface area contributed by atoms with Crippen LogP contribution in [0.15, 0.2) is 146 Å². The Morgan fingerprint density at radius 1 is 0.405 bits per heavy atom. The number of thiophene rings is 5. The minimum Gasteiger partial charge on any atom is -0.506 e. The van der Waals surface area contributed by atoms with E-state index in [1.807, 2.05) is 61.7 Å². The van der Waals surface area contributed by atoms with Gasteiger partial charge < -0.3 is 37.2 Å². The molecule has 434 valence electrons. The van der Waals surface area contributed by atoms with Gasteiger partial charge in [-0.25, -0.2) is 4.39 Å². The monoisotopic (exact) mass is 1300 g/mol. The van der Waals surface area contributed by atoms with E-state index in [1.54, 1.807) is 90.0 Å². The molecular formula is C62H53Cl4FN4O8S5. The third-order valence-corrected chi connectivity index (χ3v) is 18.7. The molecule has 0 saturated heterocycles. The van der Waals surface area contributed by atoms with Gasteiger partial charge in [0.2, 0.25) is 0 Å². The van der Waals surface area contributed by atoms with Crippen molar-refractivity contribution in [1.29, 1.82) is 0 Å². The van der Waals surface area contributed by atoms with Crippen LogP contribution in [0.4, 0.5) is 4.39 Å². The van der Waals surface area contributed by atoms with Crippen molar-refractivity contribution < 1.29 is 44.3 Å². The highest BCUT2D eigenvalue weighted by atomic mass is 35.5. The fraction of sp³-hybridized carbons (Fsp3) is 0.113. The van der Waals surface area contributed by atoms with Crippen LogP contribution in [0.25, 0.3) is 52.2 Å². The number of carbonyl (C=O) groups excluding carboxylic acids is 3. The van der Waals surface area contributed by atoms with E-state index in [0.717, 1.165) is 32.0 Å². The minimum atomic E-state index is -0.366. The molecule has 5 heterocycles. The summed E-state index contributed by atoms with van der Waals surface area (Å²) in [5.74, 6) is 10.1. The average molecular weight is 1300 g/mol. The van der Waals surface area contributed by atoms with Crippen LogP contribution < -0.4 is 11.7 Å². The first-order valence-electron chi connectivity index (χ1n) is 24.7. The van der Waals surface area contributed by atoms with Gasteiger partial charge in [-0.3, -0.25) is 14.4 Å². The van der Waals surface area contributed by atoms with E-state index in [0.29, 0.717) is 74.0 Å². The largest absolute Gasteiger partial charge is 0.506 e. The van der Waals surface area contributed by atoms with E-state index in [2.05, 4.69) is 10.2 Å². The van der Waals surface area contributed by atoms with Crippen molar-refractivity contribution in [2.24, 2.45) is 21.9 Å². The molecule has 12 nitrogen and oxygen atoms in total. The first-order chi connectivity index (χ1) is 39.9. The number of hydrazone groups is 2. The van der Waals surface area contributed by atoms with Crippen LogP contribution >= 0.6 is 103 Å². The molecule has 10 aromatic rings. The molecule has 0 bridgehead atoms. The Bertz CT molecular complexity index is 3970. The summed E-state index contributed by atoms with van der Waals surface area (Å²) >= 11 is 30.3. The van der Waals surface area contributed by atoms with E-state index < -0.39 is 0 Å². The lowest BCUT2D eigenvalue weighted by Gasteiger charge is -2.04. The van der Waals surface area contributed by atoms with Gasteiger partial charge in [-0.2, -0.15) is 10.2 Å². The third kappa shape index (κ3) is 16.3. The summed E-state index contributed by atoms with van der Waals surface area (Å²) in [6, 6.07) is 31.7. The lowest BCUT2D eigenvalue weighted by molar-refractivity contribution is 0.100. The molecule has 5 aromatic carbocycles. The number of halogens is 5. The van der Waals surface area contributed by atoms with Gasteiger partial charge in [-0.1, -0.05) is 107 Å². The van der Waals surface area contributed by atoms with Gasteiger partial charge >= 0.3 is 0 Å². The van der Waals surface area contributed by atoms with Crippen molar-refractivity contribution in [2.75, 3.05) is 0 Å². The molecule has 0 aliphatic carbocycles. The van der Waals surface area contributed by atoms with E-state index in [4.69, 9.17) is 58.1 Å². The predicted octanol–water partition coefficient (Wildman–Crippen LogP) is 18.9. The first-order valence-corrected chi connectivity index (χ1v) is 30.6. The van der Waals surface area contributed by atoms with Crippen molar-refractivity contribution in [3.63, 3.8) is 0 Å². The molecule has 0 amide bonds. The zero-order valence-corrected chi connectivity index (χ0v) is 52.8. The van der Waals surface area contributed by atoms with Crippen LogP contribution in [-0.2, 0) is 0 Å². The molecule has 84 heavy (non-hydrogen) atoms. The van der Waals surface area contributed by atoms with E-state index >= 15 is 0 Å². The maximum atomic E-state index is 13.0. The second-order valence-corrected chi connectivity index (χ2v) is 24.3. The van der Waals surface area contributed by atoms with Crippen molar-refractivity contribution >= 4 is 132 Å². The summed E-state index contributed by atoms with van der Waals surface area (Å²) < 4.78 is 13.0. The Kier molecular flexibility index (Phi) is 23.4. The number of Topliss-reactive ketones (excluding diaryl/α,β-unsaturated/α-hetero) is 3. The summed E-state index contributed by atoms with van der Waals surface area (Å²) in [7, 11) is 0. The lowest BCUT2D eigenvalue weighted by atomic mass is 10.0. The first kappa shape index (κ1) is 65.8. The summed E-state index contributed by atoms with van der Waals surface area (Å²) in [6.45, 7) is 11.9. The number of rotatable bonds is 10. The molecule has 10 rings (SSSR count). The summed E-state index contributed by atoms with van der Waals surface area (Å²) in [5, 5.41) is 67.9. The number of carbonyl (C=O) groups is 3. The van der Waals surface area contributed by atoms with Crippen molar-refractivity contribution in [2.45, 2.75) is 48.5 Å². The molecule has 0 atom stereocenters. The van der Waals surface area contributed by atoms with Crippen LogP contribution in [0.2, 0.25) is 20.1 Å². The van der Waals surface area contributed by atoms with Crippen molar-refractivity contribution in [1.82, 2.24) is 0 Å². The van der Waals surface area contributed by atoms with Crippen molar-refractivity contribution in [3.05, 3.63) is 201 Å². The van der Waals surface area contributed by atoms with Gasteiger partial charge in [0.1, 0.15) is 34.6 Å². The number of benzene rings is 5. The van der Waals surface area contributed by atoms with Gasteiger partial charge in [0.25, 0.3) is 0 Å². The number of ketones is 3. The molecule has 0 aliphatic rings. The van der Waals surface area contributed by atoms with Crippen LogP contribution in [-0.4, -0.2) is 54.3 Å². The van der Waals surface area contributed by atoms with E-state index in [-0.39, 0.29) is 57.5 Å². The number of aryl methyl sites for hydroxylation is 2. The highest BCUT2D eigenvalue weighted by molar-refractivity contribution is 7.15. The van der Waals surface area contributed by atoms with Crippen molar-refractivity contribution in [3.8, 4) is 81.0 Å². The maximum Gasteiger partial charge on any atom is 0.164 e. The normalized spacial score (nSPS) is 11.0. The highest BCUT2D eigenvalue weighted by Crippen LogP contribution is 2.44. The standard InChI is InChI=1S/C14H14O2S.C12H10Cl2N2OS.C12H11ClN2OS.C12H9ClO2S.C12H9FO2S/c1-8-4-5-11(6-9(8)2)14-13(16)12(7-17-14)10(3)15;1-6(16-15)8-5-18-12(11(8)17)7-2-3-9(13)10(14)4-7;1-7(15-14)10-6-17-12(11(10)16)8-2-4-9(13)5-3-8;2*1-7(14)10-6-16-12(11(10)15)8-3-2-4-9(13)5-8/h4-7,16H,1-3H3;2-5,17H,15H2,1H3;2-6,16H,14H2,1H3;2*2-6,15H,1H3/b;16-6+;15-7+;;. The number of nitrogens with zero attached hydrogens (tertiary/aromatic N) is 2. The van der Waals surface area contributed by atoms with Gasteiger partial charge in [0.05, 0.1) is 73.7 Å². The molecule has 9 N–H and O–H groups in total. The lowest BCUT2D eigenvalue weighted by Crippen LogP contribution is -1.96. The van der Waals surface area contributed by atoms with Gasteiger partial charge in [0.15, 0.2) is 17.3 Å². The number of nitrogens with two attached hydrogens (primary N) is 2. The highest BCUT2D eigenvalue weighted by Gasteiger charge is 2.20. The second kappa shape index (κ2) is 29.9. The molecule has 5 aromatic heterocycles. The van der Waals surface area contributed by atoms with E-state index in [1.165, 1.54) is 101 Å². The zero-order chi connectivity index (χ0) is 61.7. The number of hydrogen-bond acceptors (Lipinski definition) is 17. The summed E-state index contributed by atoms with van der Waals surface area (Å²) in [6.07, 6.45) is 0. The van der Waals surface area contributed by atoms with Crippen LogP contribution in [0.1, 0.15) is 87.9 Å². The van der Waals surface area contributed by atoms with Crippen LogP contribution in [0.5, 0.6) is 28.7 Å². The average Bonchev–Trinajstić information content (AvgIpc) is 4.53. The Hall–Kier alpha value is -7.36. The number of aromatic hydroxyl groups is 5. The van der Waals surface area contributed by atoms with Crippen LogP contribution in [0, 0.1) is 19.7 Å². The summed E-state index contributed by atoms with van der Waals surface area (Å²) in [4.78, 5) is 37.1. The number of hydrogen-bond donors (Lipinski definition) is 7. The van der Waals surface area contributed by atoms with Gasteiger partial charge in [-0.05, 0) is 136 Å². The summed E-state index contributed by atoms with van der Waals surface area (Å²) in [5.41, 5.74) is 10.0. The van der Waals surface area contributed by atoms with Gasteiger partial charge in [0, 0.05) is 36.9 Å². The fourth-order valence-electron chi connectivity index (χ4n) is 7.57. The molecule has 22 heteroatoms. The zero-order valence-electron chi connectivity index (χ0n) is 45.7. The molecule has 0 spiro atoms. The molecule has 0 saturated carbocycles. The molecule has 0 aliphatic heterocycles. The fourth-order valence-corrected chi connectivity index (χ4v) is 13.2. The maximum absolute atomic E-state index is 13.0. The Labute approximate surface area is 524 Å². The smallest absolute Gasteiger partial charge is 0.164 e. The quantitative estimate of drug-likeness (QED) is 0.0296. The molecular weight excluding hydrogens is 1250 g/mol. The van der Waals surface area contributed by atoms with Crippen LogP contribution in [0.3, 0.4) is 0 Å². The molecule has 0 radical (unpaired) electrons. The Balaban J connectivity index is 0.000000168. The minimum absolute atomic E-state index is 0.0415. The van der Waals surface area contributed by atoms with E-state index in [9.17, 15) is 44.3 Å². The Morgan fingerprint density at radius 2 is 0.762 bits per heavy atom. The topological polar surface area (TPSA) is 229 Å². The second-order valence-electron chi connectivity index (χ2n) is 18.2. The predicted molar refractivity (Wildman–Crippen MR) is 349 cm³/mol. The Morgan fingerprint density at radius 3 is 1.14 bits per heavy atom. The third-order valence-electron chi connectivity index (χ3n) is 12.4. The molecule has 0 fully saturated rings.